The fourth-order valence-electron chi connectivity index (χ4n) is 3.80. The topological polar surface area (TPSA) is 89.7 Å². The van der Waals surface area contributed by atoms with E-state index in [2.05, 4.69) is 15.5 Å². The van der Waals surface area contributed by atoms with Gasteiger partial charge in [0.2, 0.25) is 11.7 Å². The Kier molecular flexibility index (Phi) is 6.50. The number of aromatic nitrogens is 2. The second kappa shape index (κ2) is 9.48. The summed E-state index contributed by atoms with van der Waals surface area (Å²) in [5, 5.41) is 7.47. The predicted molar refractivity (Wildman–Crippen MR) is 123 cm³/mol. The smallest absolute Gasteiger partial charge is 0.324 e. The number of carbonyl (C=O) groups is 1. The summed E-state index contributed by atoms with van der Waals surface area (Å²) in [6.07, 6.45) is 1.33. The number of anilines is 2. The van der Waals surface area contributed by atoms with Crippen LogP contribution in [0, 0.1) is 12.8 Å². The van der Waals surface area contributed by atoms with Crippen molar-refractivity contribution in [3.8, 4) is 22.9 Å². The third-order valence-electron chi connectivity index (χ3n) is 5.67. The molecular weight excluding hydrogens is 432 g/mol. The lowest BCUT2D eigenvalue weighted by atomic mass is 9.96. The molecule has 32 heavy (non-hydrogen) atoms. The van der Waals surface area contributed by atoms with Gasteiger partial charge in [-0.05, 0) is 31.4 Å². The molecule has 0 atom stereocenters. The number of methoxy groups -OCH3 is 2. The molecule has 1 aliphatic heterocycles. The average Bonchev–Trinajstić information content (AvgIpc) is 3.30. The highest BCUT2D eigenvalue weighted by atomic mass is 35.5. The van der Waals surface area contributed by atoms with Crippen molar-refractivity contribution < 1.29 is 18.8 Å². The van der Waals surface area contributed by atoms with Crippen molar-refractivity contribution in [3.63, 3.8) is 0 Å². The van der Waals surface area contributed by atoms with Gasteiger partial charge < -0.3 is 24.2 Å². The lowest BCUT2D eigenvalue weighted by Crippen LogP contribution is -2.38. The molecule has 1 N–H and O–H groups in total. The zero-order valence-electron chi connectivity index (χ0n) is 18.2. The zero-order chi connectivity index (χ0) is 22.7. The number of rotatable bonds is 6. The number of hydrogen-bond acceptors (Lipinski definition) is 7. The van der Waals surface area contributed by atoms with Gasteiger partial charge in [0.25, 0.3) is 0 Å². The van der Waals surface area contributed by atoms with Crippen LogP contribution in [0.3, 0.4) is 0 Å². The van der Waals surface area contributed by atoms with Crippen LogP contribution >= 0.6 is 11.6 Å². The Balaban J connectivity index is 1.39. The molecule has 1 aromatic heterocycles. The predicted octanol–water partition coefficient (Wildman–Crippen LogP) is 4.57. The Morgan fingerprint density at radius 1 is 1.16 bits per heavy atom. The molecule has 8 nitrogen and oxygen atoms in total. The molecule has 0 spiro atoms. The van der Waals surface area contributed by atoms with E-state index in [4.69, 9.17) is 25.6 Å². The van der Waals surface area contributed by atoms with Crippen LogP contribution in [0.4, 0.5) is 11.7 Å². The Morgan fingerprint density at radius 3 is 2.56 bits per heavy atom. The molecule has 2 aromatic carbocycles. The van der Waals surface area contributed by atoms with Crippen molar-refractivity contribution in [3.05, 3.63) is 47.0 Å². The molecular formula is C23H25ClN4O4. The number of amides is 1. The maximum Gasteiger partial charge on any atom is 0.324 e. The zero-order valence-corrected chi connectivity index (χ0v) is 19.0. The van der Waals surface area contributed by atoms with Crippen molar-refractivity contribution in [2.75, 3.05) is 37.5 Å². The maximum atomic E-state index is 12.9. The van der Waals surface area contributed by atoms with Crippen molar-refractivity contribution in [1.29, 1.82) is 0 Å². The molecule has 3 aromatic rings. The highest BCUT2D eigenvalue weighted by Gasteiger charge is 2.28. The summed E-state index contributed by atoms with van der Waals surface area (Å²) in [6, 6.07) is 11.7. The molecule has 0 bridgehead atoms. The van der Waals surface area contributed by atoms with Gasteiger partial charge in [0.1, 0.15) is 11.5 Å². The summed E-state index contributed by atoms with van der Waals surface area (Å²) in [5.74, 6) is 1.33. The van der Waals surface area contributed by atoms with E-state index in [-0.39, 0.29) is 11.8 Å². The van der Waals surface area contributed by atoms with Gasteiger partial charge in [-0.15, -0.1) is 0 Å². The molecule has 1 fully saturated rings. The Labute approximate surface area is 191 Å². The first kappa shape index (κ1) is 22.0. The highest BCUT2D eigenvalue weighted by Crippen LogP contribution is 2.36. The second-order valence-corrected chi connectivity index (χ2v) is 8.06. The van der Waals surface area contributed by atoms with Crippen molar-refractivity contribution in [1.82, 2.24) is 10.1 Å². The van der Waals surface area contributed by atoms with E-state index in [0.717, 1.165) is 11.1 Å². The Hall–Kier alpha value is -3.26. The van der Waals surface area contributed by atoms with Crippen molar-refractivity contribution >= 4 is 29.2 Å². The van der Waals surface area contributed by atoms with Crippen molar-refractivity contribution in [2.45, 2.75) is 19.8 Å². The first-order valence-corrected chi connectivity index (χ1v) is 10.7. The van der Waals surface area contributed by atoms with Crippen molar-refractivity contribution in [2.24, 2.45) is 5.92 Å². The number of hydrogen-bond donors (Lipinski definition) is 1. The maximum absolute atomic E-state index is 12.9. The number of benzene rings is 2. The molecule has 0 aliphatic carbocycles. The molecule has 1 amide bonds. The van der Waals surface area contributed by atoms with E-state index in [1.165, 1.54) is 14.2 Å². The van der Waals surface area contributed by atoms with Crippen LogP contribution in [0.15, 0.2) is 40.9 Å². The standard InChI is InChI=1S/C23H25ClN4O4/c1-14-6-4-5-7-16(14)21-26-23(32-27-21)28-10-8-15(9-11-28)22(29)25-18-12-17(24)19(30-2)13-20(18)31-3/h4-7,12-13,15H,8-11H2,1-3H3,(H,25,29). The molecule has 0 saturated carbocycles. The molecule has 0 radical (unpaired) electrons. The van der Waals surface area contributed by atoms with Crippen LogP contribution in [0.1, 0.15) is 18.4 Å². The van der Waals surface area contributed by atoms with Crippen LogP contribution in [0.25, 0.3) is 11.4 Å². The lowest BCUT2D eigenvalue weighted by Gasteiger charge is -2.29. The number of aryl methyl sites for hydroxylation is 1. The van der Waals surface area contributed by atoms with E-state index in [1.807, 2.05) is 36.1 Å². The Bertz CT molecular complexity index is 1110. The summed E-state index contributed by atoms with van der Waals surface area (Å²) < 4.78 is 16.1. The SMILES string of the molecule is COc1cc(OC)c(NC(=O)C2CCN(c3nc(-c4ccccc4C)no3)CC2)cc1Cl. The minimum Gasteiger partial charge on any atom is -0.495 e. The summed E-state index contributed by atoms with van der Waals surface area (Å²) in [7, 11) is 3.06. The second-order valence-electron chi connectivity index (χ2n) is 7.65. The lowest BCUT2D eigenvalue weighted by molar-refractivity contribution is -0.120. The molecule has 168 valence electrons. The third kappa shape index (κ3) is 4.50. The molecule has 9 heteroatoms. The van der Waals surface area contributed by atoms with Gasteiger partial charge in [0, 0.05) is 30.6 Å². The largest absolute Gasteiger partial charge is 0.495 e. The normalized spacial score (nSPS) is 14.3. The van der Waals surface area contributed by atoms with Gasteiger partial charge in [-0.25, -0.2) is 0 Å². The molecule has 2 heterocycles. The van der Waals surface area contributed by atoms with E-state index in [1.54, 1.807) is 12.1 Å². The van der Waals surface area contributed by atoms with Gasteiger partial charge in [-0.3, -0.25) is 4.79 Å². The van der Waals surface area contributed by atoms with Gasteiger partial charge >= 0.3 is 6.01 Å². The number of ether oxygens (including phenoxy) is 2. The van der Waals surface area contributed by atoms with E-state index >= 15 is 0 Å². The summed E-state index contributed by atoms with van der Waals surface area (Å²) in [5.41, 5.74) is 2.55. The first-order chi connectivity index (χ1) is 15.5. The van der Waals surface area contributed by atoms with E-state index < -0.39 is 0 Å². The quantitative estimate of drug-likeness (QED) is 0.581. The van der Waals surface area contributed by atoms with E-state index in [0.29, 0.717) is 60.0 Å². The molecule has 0 unspecified atom stereocenters. The summed E-state index contributed by atoms with van der Waals surface area (Å²) in [6.45, 7) is 3.31. The number of nitrogens with one attached hydrogen (secondary N) is 1. The molecule has 1 saturated heterocycles. The third-order valence-corrected chi connectivity index (χ3v) is 5.96. The first-order valence-electron chi connectivity index (χ1n) is 10.4. The van der Waals surface area contributed by atoms with Crippen LogP contribution in [0.2, 0.25) is 5.02 Å². The van der Waals surface area contributed by atoms with Gasteiger partial charge in [0.15, 0.2) is 0 Å². The molecule has 4 rings (SSSR count). The average molecular weight is 457 g/mol. The number of halogens is 1. The fraction of sp³-hybridized carbons (Fsp3) is 0.348. The number of nitrogens with zero attached hydrogens (tertiary/aromatic N) is 3. The molecule has 1 aliphatic rings. The van der Waals surface area contributed by atoms with Crippen LogP contribution < -0.4 is 19.7 Å². The minimum atomic E-state index is -0.143. The minimum absolute atomic E-state index is 0.0738. The van der Waals surface area contributed by atoms with Crippen LogP contribution in [-0.2, 0) is 4.79 Å². The summed E-state index contributed by atoms with van der Waals surface area (Å²) in [4.78, 5) is 19.4. The van der Waals surface area contributed by atoms with Crippen LogP contribution in [-0.4, -0.2) is 43.4 Å². The van der Waals surface area contributed by atoms with Gasteiger partial charge in [-0.1, -0.05) is 41.0 Å². The van der Waals surface area contributed by atoms with Gasteiger partial charge in [-0.2, -0.15) is 4.98 Å². The monoisotopic (exact) mass is 456 g/mol. The fourth-order valence-corrected chi connectivity index (χ4v) is 4.04. The Morgan fingerprint density at radius 2 is 1.88 bits per heavy atom. The highest BCUT2D eigenvalue weighted by molar-refractivity contribution is 6.32. The summed E-state index contributed by atoms with van der Waals surface area (Å²) >= 11 is 6.21. The van der Waals surface area contributed by atoms with Crippen LogP contribution in [0.5, 0.6) is 11.5 Å². The number of carbonyl (C=O) groups excluding carboxylic acids is 1. The van der Waals surface area contributed by atoms with Gasteiger partial charge in [0.05, 0.1) is 24.9 Å². The number of piperidine rings is 1. The van der Waals surface area contributed by atoms with E-state index in [9.17, 15) is 4.79 Å².